The number of hydrogen-bond acceptors (Lipinski definition) is 7. The van der Waals surface area contributed by atoms with Gasteiger partial charge in [0.05, 0.1) is 33.0 Å². The lowest BCUT2D eigenvalue weighted by Gasteiger charge is -2.28. The van der Waals surface area contributed by atoms with Crippen molar-refractivity contribution in [3.8, 4) is 0 Å². The highest BCUT2D eigenvalue weighted by molar-refractivity contribution is 7.08. The zero-order valence-corrected chi connectivity index (χ0v) is 15.1. The Bertz CT molecular complexity index is 533. The largest absolute Gasteiger partial charge is 0.459 e. The van der Waals surface area contributed by atoms with Crippen molar-refractivity contribution in [3.05, 3.63) is 34.2 Å². The van der Waals surface area contributed by atoms with Gasteiger partial charge in [0.15, 0.2) is 5.76 Å². The first-order valence-electron chi connectivity index (χ1n) is 8.22. The zero-order chi connectivity index (χ0) is 17.9. The molecule has 1 amide bonds. The summed E-state index contributed by atoms with van der Waals surface area (Å²) >= 11 is 1.62. The van der Waals surface area contributed by atoms with Gasteiger partial charge in [0, 0.05) is 26.0 Å². The maximum absolute atomic E-state index is 12.3. The molecule has 25 heavy (non-hydrogen) atoms. The number of carbonyl (C=O) groups excluding carboxylic acids is 1. The Hall–Kier alpha value is -1.45. The lowest BCUT2D eigenvalue weighted by atomic mass is 9.95. The van der Waals surface area contributed by atoms with E-state index in [2.05, 4.69) is 10.7 Å². The Labute approximate surface area is 151 Å². The highest BCUT2D eigenvalue weighted by Crippen LogP contribution is 2.32. The van der Waals surface area contributed by atoms with Crippen LogP contribution in [0.1, 0.15) is 17.9 Å². The van der Waals surface area contributed by atoms with Crippen LogP contribution in [0.15, 0.2) is 28.7 Å². The minimum atomic E-state index is -0.518. The van der Waals surface area contributed by atoms with E-state index < -0.39 is 6.29 Å². The molecule has 1 aliphatic rings. The van der Waals surface area contributed by atoms with Crippen molar-refractivity contribution in [2.45, 2.75) is 18.6 Å². The smallest absolute Gasteiger partial charge is 0.286 e. The van der Waals surface area contributed by atoms with E-state index in [1.807, 2.05) is 17.5 Å². The molecule has 0 unspecified atom stereocenters. The summed E-state index contributed by atoms with van der Waals surface area (Å²) in [5, 5.41) is 15.5. The van der Waals surface area contributed by atoms with Crippen LogP contribution < -0.4 is 5.32 Å². The van der Waals surface area contributed by atoms with E-state index in [-0.39, 0.29) is 30.8 Å². The van der Waals surface area contributed by atoms with E-state index in [1.165, 1.54) is 0 Å². The maximum atomic E-state index is 12.3. The third kappa shape index (κ3) is 6.75. The van der Waals surface area contributed by atoms with E-state index in [1.54, 1.807) is 18.4 Å². The van der Waals surface area contributed by atoms with Crippen LogP contribution in [-0.4, -0.2) is 64.0 Å². The molecule has 1 aromatic heterocycles. The summed E-state index contributed by atoms with van der Waals surface area (Å²) < 4.78 is 21.5. The number of aliphatic hydroxyl groups excluding tert-OH is 1. The van der Waals surface area contributed by atoms with Crippen molar-refractivity contribution in [2.24, 2.45) is 0 Å². The maximum Gasteiger partial charge on any atom is 0.286 e. The summed E-state index contributed by atoms with van der Waals surface area (Å²) in [5.74, 6) is 0.0495. The number of amides is 1. The van der Waals surface area contributed by atoms with E-state index in [4.69, 9.17) is 24.1 Å². The third-order valence-electron chi connectivity index (χ3n) is 3.61. The second-order valence-corrected chi connectivity index (χ2v) is 6.21. The Balaban J connectivity index is 1.94. The van der Waals surface area contributed by atoms with Gasteiger partial charge in [-0.3, -0.25) is 4.79 Å². The van der Waals surface area contributed by atoms with Crippen LogP contribution in [0.5, 0.6) is 0 Å². The highest BCUT2D eigenvalue weighted by Gasteiger charge is 2.28. The van der Waals surface area contributed by atoms with E-state index in [0.717, 1.165) is 5.56 Å². The van der Waals surface area contributed by atoms with Crippen LogP contribution in [0.2, 0.25) is 0 Å². The van der Waals surface area contributed by atoms with Gasteiger partial charge in [-0.2, -0.15) is 11.3 Å². The van der Waals surface area contributed by atoms with Crippen LogP contribution in [0.25, 0.3) is 0 Å². The Morgan fingerprint density at radius 2 is 2.28 bits per heavy atom. The topological polar surface area (TPSA) is 86.3 Å². The van der Waals surface area contributed by atoms with Gasteiger partial charge in [0.1, 0.15) is 0 Å². The van der Waals surface area contributed by atoms with Crippen LogP contribution in [0, 0.1) is 0 Å². The molecule has 2 rings (SSSR count). The molecule has 0 saturated heterocycles. The molecule has 0 aromatic carbocycles. The second-order valence-electron chi connectivity index (χ2n) is 5.43. The normalized spacial score (nSPS) is 20.0. The molecule has 2 N–H and O–H groups in total. The lowest BCUT2D eigenvalue weighted by Crippen LogP contribution is -2.34. The number of thiophene rings is 1. The van der Waals surface area contributed by atoms with Gasteiger partial charge in [-0.25, -0.2) is 0 Å². The van der Waals surface area contributed by atoms with Crippen LogP contribution >= 0.6 is 11.3 Å². The number of rotatable bonds is 11. The summed E-state index contributed by atoms with van der Waals surface area (Å²) in [6.07, 6.45) is 1.95. The Morgan fingerprint density at radius 3 is 3.00 bits per heavy atom. The summed E-state index contributed by atoms with van der Waals surface area (Å²) in [6, 6.07) is 2.04. The standard InChI is InChI=1S/C17H25NO6S/c1-21-5-3-18-17(20)15-10-14(13-2-9-25-12-13)11-16(24-15)23-8-7-22-6-4-19/h2,9-10,12,14,16,19H,3-8,11H2,1H3,(H,18,20)/t14-,16+/m1/s1. The number of carbonyl (C=O) groups is 1. The molecule has 0 spiro atoms. The molecule has 2 atom stereocenters. The molecule has 0 radical (unpaired) electrons. The van der Waals surface area contributed by atoms with Gasteiger partial charge >= 0.3 is 0 Å². The molecule has 7 nitrogen and oxygen atoms in total. The fourth-order valence-corrected chi connectivity index (χ4v) is 3.12. The molecule has 0 saturated carbocycles. The average molecular weight is 371 g/mol. The Morgan fingerprint density at radius 1 is 1.40 bits per heavy atom. The number of hydrogen-bond donors (Lipinski definition) is 2. The number of allylic oxidation sites excluding steroid dienone is 1. The molecule has 8 heteroatoms. The monoisotopic (exact) mass is 371 g/mol. The van der Waals surface area contributed by atoms with E-state index in [9.17, 15) is 4.79 Å². The predicted octanol–water partition coefficient (Wildman–Crippen LogP) is 1.25. The molecule has 1 aliphatic heterocycles. The number of aliphatic hydroxyl groups is 1. The summed E-state index contributed by atoms with van der Waals surface area (Å²) in [6.45, 7) is 1.81. The van der Waals surface area contributed by atoms with Gasteiger partial charge in [-0.05, 0) is 28.5 Å². The van der Waals surface area contributed by atoms with Gasteiger partial charge in [0.25, 0.3) is 5.91 Å². The summed E-state index contributed by atoms with van der Waals surface area (Å²) in [5.41, 5.74) is 1.14. The van der Waals surface area contributed by atoms with E-state index >= 15 is 0 Å². The van der Waals surface area contributed by atoms with Crippen LogP contribution in [0.4, 0.5) is 0 Å². The number of methoxy groups -OCH3 is 1. The molecule has 1 aromatic rings. The van der Waals surface area contributed by atoms with E-state index in [0.29, 0.717) is 32.8 Å². The molecule has 0 bridgehead atoms. The minimum Gasteiger partial charge on any atom is -0.459 e. The molecule has 0 aliphatic carbocycles. The van der Waals surface area contributed by atoms with Crippen molar-refractivity contribution < 1.29 is 28.8 Å². The lowest BCUT2D eigenvalue weighted by molar-refractivity contribution is -0.151. The first-order chi connectivity index (χ1) is 12.2. The van der Waals surface area contributed by atoms with Crippen molar-refractivity contribution in [1.29, 1.82) is 0 Å². The summed E-state index contributed by atoms with van der Waals surface area (Å²) in [4.78, 5) is 12.3. The van der Waals surface area contributed by atoms with Crippen LogP contribution in [0.3, 0.4) is 0 Å². The molecule has 140 valence electrons. The fourth-order valence-electron chi connectivity index (χ4n) is 2.40. The second kappa shape index (κ2) is 11.2. The van der Waals surface area contributed by atoms with Crippen molar-refractivity contribution in [3.63, 3.8) is 0 Å². The predicted molar refractivity (Wildman–Crippen MR) is 93.4 cm³/mol. The van der Waals surface area contributed by atoms with Crippen LogP contribution in [-0.2, 0) is 23.7 Å². The molecular formula is C17H25NO6S. The minimum absolute atomic E-state index is 0.0192. The fraction of sp³-hybridized carbons (Fsp3) is 0.588. The first-order valence-corrected chi connectivity index (χ1v) is 9.16. The van der Waals surface area contributed by atoms with Gasteiger partial charge < -0.3 is 29.4 Å². The number of ether oxygens (including phenoxy) is 4. The van der Waals surface area contributed by atoms with Gasteiger partial charge in [0.2, 0.25) is 6.29 Å². The average Bonchev–Trinajstić information content (AvgIpc) is 3.16. The van der Waals surface area contributed by atoms with Crippen molar-refractivity contribution in [2.75, 3.05) is 46.7 Å². The molecule has 0 fully saturated rings. The first kappa shape index (κ1) is 19.9. The Kier molecular flexibility index (Phi) is 8.92. The number of nitrogens with one attached hydrogen (secondary N) is 1. The third-order valence-corrected chi connectivity index (χ3v) is 4.31. The molecule has 2 heterocycles. The zero-order valence-electron chi connectivity index (χ0n) is 14.3. The van der Waals surface area contributed by atoms with Crippen molar-refractivity contribution in [1.82, 2.24) is 5.32 Å². The summed E-state index contributed by atoms with van der Waals surface area (Å²) in [7, 11) is 1.58. The quantitative estimate of drug-likeness (QED) is 0.570. The van der Waals surface area contributed by atoms with Gasteiger partial charge in [-0.1, -0.05) is 0 Å². The van der Waals surface area contributed by atoms with Gasteiger partial charge in [-0.15, -0.1) is 0 Å². The molecular weight excluding hydrogens is 346 g/mol. The highest BCUT2D eigenvalue weighted by atomic mass is 32.1. The SMILES string of the molecule is COCCNC(=O)C1=C[C@@H](c2ccsc2)C[C@@H](OCCOCCO)O1. The van der Waals surface area contributed by atoms with Crippen molar-refractivity contribution >= 4 is 17.2 Å².